The van der Waals surface area contributed by atoms with Gasteiger partial charge in [-0.25, -0.2) is 13.4 Å². The zero-order valence-corrected chi connectivity index (χ0v) is 19.4. The molecule has 0 saturated heterocycles. The second-order valence-corrected chi connectivity index (χ2v) is 10.0. The monoisotopic (exact) mass is 507 g/mol. The van der Waals surface area contributed by atoms with Gasteiger partial charge in [0.25, 0.3) is 0 Å². The molecule has 2 aromatic heterocycles. The van der Waals surface area contributed by atoms with Crippen LogP contribution in [0.3, 0.4) is 0 Å². The molecule has 0 aliphatic heterocycles. The standard InChI is InChI=1S/C23H18BrN5O2S/c1-2-15-6-5-7-17(14-15)25-21-19-8-3-4-9-20(19)29-22(26-21)23(27-28-29)32(30,31)18-12-10-16(24)11-13-18/h3-14H,2H2,1H3,(H,25,26). The van der Waals surface area contributed by atoms with Crippen LogP contribution in [0.2, 0.25) is 0 Å². The predicted octanol–water partition coefficient (Wildman–Crippen LogP) is 5.18. The fraction of sp³-hybridized carbons (Fsp3) is 0.0870. The van der Waals surface area contributed by atoms with E-state index in [2.05, 4.69) is 55.6 Å². The quantitative estimate of drug-likeness (QED) is 0.352. The van der Waals surface area contributed by atoms with E-state index in [1.807, 2.05) is 36.4 Å². The van der Waals surface area contributed by atoms with Crippen LogP contribution in [0.25, 0.3) is 16.6 Å². The molecule has 0 aliphatic rings. The Labute approximate surface area is 193 Å². The highest BCUT2D eigenvalue weighted by Crippen LogP contribution is 2.30. The van der Waals surface area contributed by atoms with E-state index >= 15 is 0 Å². The van der Waals surface area contributed by atoms with Crippen LogP contribution in [0.15, 0.2) is 87.2 Å². The van der Waals surface area contributed by atoms with E-state index in [1.54, 1.807) is 12.1 Å². The molecule has 0 unspecified atom stereocenters. The van der Waals surface area contributed by atoms with E-state index in [0.717, 1.165) is 22.0 Å². The summed E-state index contributed by atoms with van der Waals surface area (Å²) >= 11 is 3.33. The molecule has 9 heteroatoms. The summed E-state index contributed by atoms with van der Waals surface area (Å²) in [5.74, 6) is 0.538. The molecule has 0 bridgehead atoms. The van der Waals surface area contributed by atoms with Crippen molar-refractivity contribution in [2.45, 2.75) is 23.3 Å². The second-order valence-electron chi connectivity index (χ2n) is 7.24. The van der Waals surface area contributed by atoms with Crippen molar-refractivity contribution < 1.29 is 8.42 Å². The first-order chi connectivity index (χ1) is 15.5. The average Bonchev–Trinajstić information content (AvgIpc) is 3.25. The molecule has 0 atom stereocenters. The van der Waals surface area contributed by atoms with Gasteiger partial charge in [0.05, 0.1) is 10.4 Å². The Morgan fingerprint density at radius 3 is 2.56 bits per heavy atom. The molecule has 1 N–H and O–H groups in total. The SMILES string of the molecule is CCc1cccc(Nc2nc3c(S(=O)(=O)c4ccc(Br)cc4)nnn3c3ccccc23)c1. The van der Waals surface area contributed by atoms with Gasteiger partial charge in [-0.15, -0.1) is 5.10 Å². The fourth-order valence-electron chi connectivity index (χ4n) is 3.55. The molecule has 2 heterocycles. The number of sulfone groups is 1. The van der Waals surface area contributed by atoms with Gasteiger partial charge in [0.15, 0.2) is 5.65 Å². The summed E-state index contributed by atoms with van der Waals surface area (Å²) in [7, 11) is -3.91. The molecule has 160 valence electrons. The first-order valence-corrected chi connectivity index (χ1v) is 12.3. The lowest BCUT2D eigenvalue weighted by Crippen LogP contribution is -2.05. The Balaban J connectivity index is 1.72. The Hall–Kier alpha value is -3.30. The summed E-state index contributed by atoms with van der Waals surface area (Å²) in [4.78, 5) is 4.79. The highest BCUT2D eigenvalue weighted by atomic mass is 79.9. The van der Waals surface area contributed by atoms with Crippen molar-refractivity contribution in [1.29, 1.82) is 0 Å². The highest BCUT2D eigenvalue weighted by molar-refractivity contribution is 9.10. The van der Waals surface area contributed by atoms with Crippen LogP contribution in [0, 0.1) is 0 Å². The van der Waals surface area contributed by atoms with E-state index in [1.165, 1.54) is 22.2 Å². The van der Waals surface area contributed by atoms with Crippen LogP contribution in [0.4, 0.5) is 11.5 Å². The number of halogens is 1. The second kappa shape index (κ2) is 7.99. The Bertz CT molecular complexity index is 1560. The van der Waals surface area contributed by atoms with Crippen molar-refractivity contribution >= 4 is 53.8 Å². The number of rotatable bonds is 5. The van der Waals surface area contributed by atoms with Gasteiger partial charge >= 0.3 is 0 Å². The van der Waals surface area contributed by atoms with Gasteiger partial charge in [-0.2, -0.15) is 4.52 Å². The van der Waals surface area contributed by atoms with Crippen molar-refractivity contribution in [3.63, 3.8) is 0 Å². The number of hydrogen-bond donors (Lipinski definition) is 1. The van der Waals surface area contributed by atoms with Gasteiger partial charge in [0.1, 0.15) is 5.82 Å². The van der Waals surface area contributed by atoms with E-state index in [9.17, 15) is 8.42 Å². The lowest BCUT2D eigenvalue weighted by molar-refractivity contribution is 0.592. The van der Waals surface area contributed by atoms with E-state index < -0.39 is 9.84 Å². The van der Waals surface area contributed by atoms with E-state index in [4.69, 9.17) is 0 Å². The molecule has 5 rings (SSSR count). The van der Waals surface area contributed by atoms with Crippen LogP contribution >= 0.6 is 15.9 Å². The number of hydrogen-bond acceptors (Lipinski definition) is 6. The van der Waals surface area contributed by atoms with Crippen LogP contribution < -0.4 is 5.32 Å². The molecule has 5 aromatic rings. The Morgan fingerprint density at radius 2 is 1.78 bits per heavy atom. The Kier molecular flexibility index (Phi) is 5.15. The third-order valence-corrected chi connectivity index (χ3v) is 7.39. The van der Waals surface area contributed by atoms with E-state index in [0.29, 0.717) is 11.3 Å². The maximum Gasteiger partial charge on any atom is 0.229 e. The summed E-state index contributed by atoms with van der Waals surface area (Å²) in [6, 6.07) is 22.0. The minimum absolute atomic E-state index is 0.128. The molecule has 0 spiro atoms. The van der Waals surface area contributed by atoms with Gasteiger partial charge in [0, 0.05) is 15.5 Å². The van der Waals surface area contributed by atoms with Gasteiger partial charge in [-0.05, 0) is 60.5 Å². The lowest BCUT2D eigenvalue weighted by Gasteiger charge is -2.11. The zero-order chi connectivity index (χ0) is 22.3. The number of nitrogens with zero attached hydrogens (tertiary/aromatic N) is 4. The molecule has 0 amide bonds. The van der Waals surface area contributed by atoms with Crippen molar-refractivity contribution in [2.75, 3.05) is 5.32 Å². The minimum Gasteiger partial charge on any atom is -0.340 e. The van der Waals surface area contributed by atoms with Gasteiger partial charge in [-0.3, -0.25) is 0 Å². The highest BCUT2D eigenvalue weighted by Gasteiger charge is 2.27. The molecule has 0 radical (unpaired) electrons. The normalized spacial score (nSPS) is 11.8. The number of fused-ring (bicyclic) bond motifs is 3. The molecule has 7 nitrogen and oxygen atoms in total. The number of aryl methyl sites for hydroxylation is 1. The number of benzene rings is 3. The van der Waals surface area contributed by atoms with Crippen LogP contribution in [0.5, 0.6) is 0 Å². The molecule has 0 saturated carbocycles. The summed E-state index contributed by atoms with van der Waals surface area (Å²) in [6.45, 7) is 2.09. The van der Waals surface area contributed by atoms with E-state index in [-0.39, 0.29) is 15.6 Å². The number of aromatic nitrogens is 4. The maximum absolute atomic E-state index is 13.3. The number of nitrogens with one attached hydrogen (secondary N) is 1. The van der Waals surface area contributed by atoms with Gasteiger partial charge < -0.3 is 5.32 Å². The molecule has 32 heavy (non-hydrogen) atoms. The summed E-state index contributed by atoms with van der Waals surface area (Å²) in [5.41, 5.74) is 2.93. The smallest absolute Gasteiger partial charge is 0.229 e. The number of anilines is 2. The molecular weight excluding hydrogens is 490 g/mol. The first kappa shape index (κ1) is 20.6. The van der Waals surface area contributed by atoms with Crippen LogP contribution in [-0.2, 0) is 16.3 Å². The largest absolute Gasteiger partial charge is 0.340 e. The first-order valence-electron chi connectivity index (χ1n) is 9.98. The third-order valence-electron chi connectivity index (χ3n) is 5.20. The average molecular weight is 508 g/mol. The minimum atomic E-state index is -3.91. The van der Waals surface area contributed by atoms with Crippen molar-refractivity contribution in [3.05, 3.63) is 82.8 Å². The maximum atomic E-state index is 13.3. The molecular formula is C23H18BrN5O2S. The predicted molar refractivity (Wildman–Crippen MR) is 127 cm³/mol. The molecule has 3 aromatic carbocycles. The van der Waals surface area contributed by atoms with Gasteiger partial charge in [-0.1, -0.05) is 52.3 Å². The third kappa shape index (κ3) is 3.53. The molecule has 0 aliphatic carbocycles. The van der Waals surface area contributed by atoms with Gasteiger partial charge in [0.2, 0.25) is 14.9 Å². The van der Waals surface area contributed by atoms with Crippen LogP contribution in [0.1, 0.15) is 12.5 Å². The fourth-order valence-corrected chi connectivity index (χ4v) is 5.04. The summed E-state index contributed by atoms with van der Waals surface area (Å²) in [5, 5.41) is 12.1. The summed E-state index contributed by atoms with van der Waals surface area (Å²) in [6.07, 6.45) is 0.908. The Morgan fingerprint density at radius 1 is 1.00 bits per heavy atom. The zero-order valence-electron chi connectivity index (χ0n) is 17.0. The summed E-state index contributed by atoms with van der Waals surface area (Å²) < 4.78 is 28.9. The lowest BCUT2D eigenvalue weighted by atomic mass is 10.1. The van der Waals surface area contributed by atoms with Crippen molar-refractivity contribution in [2.24, 2.45) is 0 Å². The topological polar surface area (TPSA) is 89.2 Å². The number of para-hydroxylation sites is 1. The van der Waals surface area contributed by atoms with Crippen molar-refractivity contribution in [1.82, 2.24) is 19.8 Å². The van der Waals surface area contributed by atoms with Crippen LogP contribution in [-0.4, -0.2) is 28.2 Å². The molecule has 0 fully saturated rings. The van der Waals surface area contributed by atoms with Crippen molar-refractivity contribution in [3.8, 4) is 0 Å².